The summed E-state index contributed by atoms with van der Waals surface area (Å²) in [6, 6.07) is 7.07. The van der Waals surface area contributed by atoms with Gasteiger partial charge in [-0.05, 0) is 39.9 Å². The van der Waals surface area contributed by atoms with E-state index in [2.05, 4.69) is 18.8 Å². The van der Waals surface area contributed by atoms with Crippen molar-refractivity contribution in [3.63, 3.8) is 0 Å². The van der Waals surface area contributed by atoms with Gasteiger partial charge >= 0.3 is 5.82 Å². The SMILES string of the molecule is CC[C@H](C)c1ccc(S(=O)(=O)N2CCN(c3c([N+](=O)[O-])ncn3C)CC2)cc1. The van der Waals surface area contributed by atoms with E-state index in [1.165, 1.54) is 10.6 Å². The van der Waals surface area contributed by atoms with Crippen molar-refractivity contribution in [1.29, 1.82) is 0 Å². The van der Waals surface area contributed by atoms with Gasteiger partial charge in [0.2, 0.25) is 22.2 Å². The quantitative estimate of drug-likeness (QED) is 0.538. The number of piperazine rings is 1. The number of anilines is 1. The Labute approximate surface area is 164 Å². The van der Waals surface area contributed by atoms with Gasteiger partial charge in [-0.15, -0.1) is 0 Å². The molecule has 0 bridgehead atoms. The van der Waals surface area contributed by atoms with Crippen molar-refractivity contribution < 1.29 is 13.3 Å². The summed E-state index contributed by atoms with van der Waals surface area (Å²) >= 11 is 0. The molecule has 1 fully saturated rings. The van der Waals surface area contributed by atoms with Gasteiger partial charge in [0.15, 0.2) is 0 Å². The van der Waals surface area contributed by atoms with E-state index in [-0.39, 0.29) is 23.8 Å². The molecule has 1 saturated heterocycles. The van der Waals surface area contributed by atoms with Crippen LogP contribution in [-0.2, 0) is 17.1 Å². The van der Waals surface area contributed by atoms with Gasteiger partial charge in [-0.25, -0.2) is 8.42 Å². The maximum atomic E-state index is 13.0. The first kappa shape index (κ1) is 20.3. The molecule has 1 aromatic carbocycles. The molecule has 1 aromatic heterocycles. The van der Waals surface area contributed by atoms with Crippen LogP contribution in [-0.4, -0.2) is 53.4 Å². The Balaban J connectivity index is 1.74. The maximum Gasteiger partial charge on any atom is 0.406 e. The predicted molar refractivity (Wildman–Crippen MR) is 106 cm³/mol. The van der Waals surface area contributed by atoms with Gasteiger partial charge in [-0.1, -0.05) is 26.0 Å². The fourth-order valence-corrected chi connectivity index (χ4v) is 4.82. The van der Waals surface area contributed by atoms with Crippen LogP contribution in [0.3, 0.4) is 0 Å². The van der Waals surface area contributed by atoms with Gasteiger partial charge < -0.3 is 15.0 Å². The van der Waals surface area contributed by atoms with Crippen molar-refractivity contribution >= 4 is 21.7 Å². The number of sulfonamides is 1. The van der Waals surface area contributed by atoms with E-state index in [9.17, 15) is 18.5 Å². The van der Waals surface area contributed by atoms with E-state index in [4.69, 9.17) is 0 Å². The van der Waals surface area contributed by atoms with Crippen LogP contribution >= 0.6 is 0 Å². The van der Waals surface area contributed by atoms with E-state index >= 15 is 0 Å². The van der Waals surface area contributed by atoms with E-state index in [1.54, 1.807) is 23.7 Å². The largest absolute Gasteiger partial charge is 0.406 e. The Morgan fingerprint density at radius 3 is 2.32 bits per heavy atom. The highest BCUT2D eigenvalue weighted by Crippen LogP contribution is 2.28. The fraction of sp³-hybridized carbons (Fsp3) is 0.500. The predicted octanol–water partition coefficient (Wildman–Crippen LogP) is 2.35. The summed E-state index contributed by atoms with van der Waals surface area (Å²) < 4.78 is 28.9. The van der Waals surface area contributed by atoms with Crippen LogP contribution in [0.25, 0.3) is 0 Å². The van der Waals surface area contributed by atoms with Crippen molar-refractivity contribution in [3.05, 3.63) is 46.3 Å². The van der Waals surface area contributed by atoms with Crippen LogP contribution in [0.15, 0.2) is 35.5 Å². The highest BCUT2D eigenvalue weighted by Gasteiger charge is 2.32. The molecule has 9 nitrogen and oxygen atoms in total. The third-order valence-electron chi connectivity index (χ3n) is 5.30. The molecule has 0 spiro atoms. The molecular weight excluding hydrogens is 382 g/mol. The minimum atomic E-state index is -3.59. The lowest BCUT2D eigenvalue weighted by atomic mass is 9.99. The lowest BCUT2D eigenvalue weighted by Gasteiger charge is -2.34. The Morgan fingerprint density at radius 1 is 1.18 bits per heavy atom. The summed E-state index contributed by atoms with van der Waals surface area (Å²) in [5, 5.41) is 11.2. The van der Waals surface area contributed by atoms with Crippen LogP contribution in [0.1, 0.15) is 31.7 Å². The Morgan fingerprint density at radius 2 is 1.79 bits per heavy atom. The zero-order chi connectivity index (χ0) is 20.5. The molecule has 1 atom stereocenters. The molecule has 0 N–H and O–H groups in total. The van der Waals surface area contributed by atoms with Crippen molar-refractivity contribution in [2.75, 3.05) is 31.1 Å². The smallest absolute Gasteiger partial charge is 0.358 e. The van der Waals surface area contributed by atoms with Crippen LogP contribution in [0.5, 0.6) is 0 Å². The second kappa shape index (κ2) is 7.88. The number of hydrogen-bond donors (Lipinski definition) is 0. The molecule has 2 heterocycles. The average Bonchev–Trinajstić information content (AvgIpc) is 3.09. The van der Waals surface area contributed by atoms with Gasteiger partial charge in [0.1, 0.15) is 0 Å². The van der Waals surface area contributed by atoms with Crippen molar-refractivity contribution in [3.8, 4) is 0 Å². The van der Waals surface area contributed by atoms with Crippen LogP contribution in [0, 0.1) is 10.1 Å². The molecule has 28 heavy (non-hydrogen) atoms. The zero-order valence-electron chi connectivity index (χ0n) is 16.3. The third-order valence-corrected chi connectivity index (χ3v) is 7.21. The number of nitrogens with zero attached hydrogens (tertiary/aromatic N) is 5. The second-order valence-corrected chi connectivity index (χ2v) is 8.97. The van der Waals surface area contributed by atoms with Crippen LogP contribution in [0.2, 0.25) is 0 Å². The fourth-order valence-electron chi connectivity index (χ4n) is 3.40. The summed E-state index contributed by atoms with van der Waals surface area (Å²) in [7, 11) is -1.90. The molecule has 0 amide bonds. The molecule has 1 aliphatic heterocycles. The van der Waals surface area contributed by atoms with Gasteiger partial charge in [0.05, 0.1) is 4.90 Å². The topological polar surface area (TPSA) is 102 Å². The number of nitro groups is 1. The first-order valence-corrected chi connectivity index (χ1v) is 10.7. The average molecular weight is 407 g/mol. The number of benzene rings is 1. The summed E-state index contributed by atoms with van der Waals surface area (Å²) in [4.78, 5) is 16.6. The Hall–Kier alpha value is -2.46. The molecule has 0 aliphatic carbocycles. The van der Waals surface area contributed by atoms with Gasteiger partial charge in [-0.2, -0.15) is 4.31 Å². The first-order chi connectivity index (χ1) is 13.3. The van der Waals surface area contributed by atoms with Crippen molar-refractivity contribution in [1.82, 2.24) is 13.9 Å². The summed E-state index contributed by atoms with van der Waals surface area (Å²) in [6.07, 6.45) is 2.39. The monoisotopic (exact) mass is 407 g/mol. The third kappa shape index (κ3) is 3.74. The maximum absolute atomic E-state index is 13.0. The standard InChI is InChI=1S/C18H25N5O4S/c1-4-14(2)15-5-7-16(8-6-15)28(26,27)22-11-9-21(10-12-22)18-17(23(24)25)19-13-20(18)3/h5-8,13-14H,4,9-12H2,1-3H3/t14-/m0/s1. The van der Waals surface area contributed by atoms with Gasteiger partial charge in [0, 0.05) is 33.2 Å². The van der Waals surface area contributed by atoms with Gasteiger partial charge in [0.25, 0.3) is 0 Å². The van der Waals surface area contributed by atoms with Crippen LogP contribution in [0.4, 0.5) is 11.6 Å². The lowest BCUT2D eigenvalue weighted by molar-refractivity contribution is -0.388. The molecule has 1 aliphatic rings. The molecule has 10 heteroatoms. The molecular formula is C18H25N5O4S. The normalized spacial score (nSPS) is 16.9. The Bertz CT molecular complexity index is 947. The molecule has 2 aromatic rings. The molecule has 0 radical (unpaired) electrons. The summed E-state index contributed by atoms with van der Waals surface area (Å²) in [5.41, 5.74) is 1.12. The molecule has 0 saturated carbocycles. The zero-order valence-corrected chi connectivity index (χ0v) is 17.1. The first-order valence-electron chi connectivity index (χ1n) is 9.26. The lowest BCUT2D eigenvalue weighted by Crippen LogP contribution is -2.49. The van der Waals surface area contributed by atoms with Crippen molar-refractivity contribution in [2.24, 2.45) is 7.05 Å². The van der Waals surface area contributed by atoms with E-state index in [0.29, 0.717) is 24.8 Å². The Kier molecular flexibility index (Phi) is 5.71. The summed E-state index contributed by atoms with van der Waals surface area (Å²) in [5.74, 6) is 0.578. The molecule has 152 valence electrons. The minimum absolute atomic E-state index is 0.209. The van der Waals surface area contributed by atoms with Crippen LogP contribution < -0.4 is 4.90 Å². The minimum Gasteiger partial charge on any atom is -0.358 e. The highest BCUT2D eigenvalue weighted by molar-refractivity contribution is 7.89. The highest BCUT2D eigenvalue weighted by atomic mass is 32.2. The molecule has 3 rings (SSSR count). The number of aromatic nitrogens is 2. The number of aryl methyl sites for hydroxylation is 1. The van der Waals surface area contributed by atoms with E-state index in [0.717, 1.165) is 12.0 Å². The number of hydrogen-bond acceptors (Lipinski definition) is 6. The summed E-state index contributed by atoms with van der Waals surface area (Å²) in [6.45, 7) is 5.46. The van der Waals surface area contributed by atoms with Crippen molar-refractivity contribution in [2.45, 2.75) is 31.1 Å². The number of imidazole rings is 1. The van der Waals surface area contributed by atoms with Gasteiger partial charge in [-0.3, -0.25) is 4.57 Å². The number of rotatable bonds is 6. The van der Waals surface area contributed by atoms with E-state index < -0.39 is 14.9 Å². The second-order valence-electron chi connectivity index (χ2n) is 7.03. The van der Waals surface area contributed by atoms with E-state index in [1.807, 2.05) is 17.0 Å². The molecule has 0 unspecified atom stereocenters.